The van der Waals surface area contributed by atoms with Gasteiger partial charge in [0.25, 0.3) is 0 Å². The van der Waals surface area contributed by atoms with Crippen molar-refractivity contribution in [3.63, 3.8) is 0 Å². The molecule has 0 radical (unpaired) electrons. The normalized spacial score (nSPS) is 11.4. The van der Waals surface area contributed by atoms with Crippen LogP contribution in [0.3, 0.4) is 0 Å². The van der Waals surface area contributed by atoms with Gasteiger partial charge in [0.15, 0.2) is 21.4 Å². The Kier molecular flexibility index (Phi) is 4.53. The van der Waals surface area contributed by atoms with E-state index in [-0.39, 0.29) is 16.2 Å². The quantitative estimate of drug-likeness (QED) is 0.835. The van der Waals surface area contributed by atoms with E-state index in [0.717, 1.165) is 0 Å². The third-order valence-corrected chi connectivity index (χ3v) is 5.54. The van der Waals surface area contributed by atoms with E-state index in [4.69, 9.17) is 10.5 Å². The second-order valence-electron chi connectivity index (χ2n) is 4.38. The van der Waals surface area contributed by atoms with Gasteiger partial charge in [-0.2, -0.15) is 0 Å². The van der Waals surface area contributed by atoms with Crippen molar-refractivity contribution in [2.24, 2.45) is 0 Å². The highest BCUT2D eigenvalue weighted by molar-refractivity contribution is 9.10. The van der Waals surface area contributed by atoms with Crippen molar-refractivity contribution in [2.45, 2.75) is 10.6 Å². The number of nitrogens with two attached hydrogens (primary N) is 1. The fourth-order valence-electron chi connectivity index (χ4n) is 1.88. The highest BCUT2D eigenvalue weighted by atomic mass is 79.9. The summed E-state index contributed by atoms with van der Waals surface area (Å²) in [6, 6.07) is 8.78. The first-order valence-corrected chi connectivity index (χ1v) is 8.39. The molecular formula is C14H13BrFNO3S. The molecule has 2 aromatic carbocycles. The van der Waals surface area contributed by atoms with Crippen LogP contribution in [0, 0.1) is 5.82 Å². The highest BCUT2D eigenvalue weighted by Gasteiger charge is 2.21. The summed E-state index contributed by atoms with van der Waals surface area (Å²) in [5, 5.41) is 0. The maximum Gasteiger partial charge on any atom is 0.183 e. The van der Waals surface area contributed by atoms with E-state index in [9.17, 15) is 12.8 Å². The Morgan fingerprint density at radius 2 is 2.00 bits per heavy atom. The third-order valence-electron chi connectivity index (χ3n) is 2.90. The molecule has 0 atom stereocenters. The van der Waals surface area contributed by atoms with Crippen molar-refractivity contribution < 1.29 is 17.5 Å². The van der Waals surface area contributed by atoms with Crippen LogP contribution in [-0.2, 0) is 15.6 Å². The first-order chi connectivity index (χ1) is 9.85. The number of methoxy groups -OCH3 is 1. The molecule has 0 saturated carbocycles. The molecule has 7 heteroatoms. The molecule has 112 valence electrons. The molecule has 0 heterocycles. The van der Waals surface area contributed by atoms with Crippen molar-refractivity contribution in [1.82, 2.24) is 0 Å². The van der Waals surface area contributed by atoms with Crippen LogP contribution in [0.5, 0.6) is 5.75 Å². The molecule has 0 aliphatic rings. The number of halogens is 2. The van der Waals surface area contributed by atoms with Crippen molar-refractivity contribution >= 4 is 31.5 Å². The molecule has 2 aromatic rings. The maximum atomic E-state index is 14.1. The molecule has 2 N–H and O–H groups in total. The number of sulfone groups is 1. The molecule has 21 heavy (non-hydrogen) atoms. The first-order valence-electron chi connectivity index (χ1n) is 5.94. The largest absolute Gasteiger partial charge is 0.494 e. The lowest BCUT2D eigenvalue weighted by molar-refractivity contribution is 0.385. The summed E-state index contributed by atoms with van der Waals surface area (Å²) < 4.78 is 44.1. The summed E-state index contributed by atoms with van der Waals surface area (Å²) in [6.07, 6.45) is 0. The van der Waals surface area contributed by atoms with Gasteiger partial charge < -0.3 is 10.5 Å². The van der Waals surface area contributed by atoms with Crippen LogP contribution in [0.4, 0.5) is 10.1 Å². The van der Waals surface area contributed by atoms with Crippen LogP contribution in [0.15, 0.2) is 45.8 Å². The minimum absolute atomic E-state index is 0.0130. The summed E-state index contributed by atoms with van der Waals surface area (Å²) in [7, 11) is -2.38. The smallest absolute Gasteiger partial charge is 0.183 e. The Morgan fingerprint density at radius 3 is 2.62 bits per heavy atom. The van der Waals surface area contributed by atoms with Crippen molar-refractivity contribution in [3.05, 3.63) is 52.3 Å². The first kappa shape index (κ1) is 15.8. The van der Waals surface area contributed by atoms with E-state index in [0.29, 0.717) is 10.2 Å². The van der Waals surface area contributed by atoms with Crippen LogP contribution in [0.1, 0.15) is 5.56 Å². The van der Waals surface area contributed by atoms with Gasteiger partial charge in [0, 0.05) is 15.7 Å². The predicted octanol–water partition coefficient (Wildman–Crippen LogP) is 3.15. The molecule has 0 saturated heterocycles. The van der Waals surface area contributed by atoms with Crippen LogP contribution in [0.25, 0.3) is 0 Å². The van der Waals surface area contributed by atoms with Gasteiger partial charge in [-0.25, -0.2) is 12.8 Å². The summed E-state index contributed by atoms with van der Waals surface area (Å²) in [6.45, 7) is 0. The number of hydrogen-bond donors (Lipinski definition) is 1. The number of hydrogen-bond acceptors (Lipinski definition) is 4. The van der Waals surface area contributed by atoms with Crippen molar-refractivity contribution in [2.75, 3.05) is 12.8 Å². The number of nitrogen functional groups attached to an aromatic ring is 1. The minimum atomic E-state index is -3.71. The van der Waals surface area contributed by atoms with Gasteiger partial charge in [-0.3, -0.25) is 0 Å². The number of ether oxygens (including phenoxy) is 1. The van der Waals surface area contributed by atoms with E-state index in [1.54, 1.807) is 6.07 Å². The zero-order chi connectivity index (χ0) is 15.6. The molecule has 4 nitrogen and oxygen atoms in total. The van der Waals surface area contributed by atoms with E-state index in [2.05, 4.69) is 15.9 Å². The van der Waals surface area contributed by atoms with E-state index >= 15 is 0 Å². The zero-order valence-corrected chi connectivity index (χ0v) is 13.5. The number of rotatable bonds is 4. The van der Waals surface area contributed by atoms with Crippen LogP contribution < -0.4 is 10.5 Å². The fourth-order valence-corrected chi connectivity index (χ4v) is 4.43. The molecule has 0 aromatic heterocycles. The van der Waals surface area contributed by atoms with Gasteiger partial charge in [0.05, 0.1) is 17.8 Å². The standard InChI is InChI=1S/C14H13BrFNO3S/c1-20-12-4-2-3-9(14(12)16)8-21(18,19)13-6-5-10(17)7-11(13)15/h2-7H,8,17H2,1H3. The third kappa shape index (κ3) is 3.36. The van der Waals surface area contributed by atoms with Gasteiger partial charge in [-0.15, -0.1) is 0 Å². The summed E-state index contributed by atoms with van der Waals surface area (Å²) in [5.41, 5.74) is 6.08. The van der Waals surface area contributed by atoms with E-state index < -0.39 is 21.4 Å². The van der Waals surface area contributed by atoms with Crippen molar-refractivity contribution in [1.29, 1.82) is 0 Å². The topological polar surface area (TPSA) is 69.4 Å². The average Bonchev–Trinajstić information content (AvgIpc) is 2.40. The molecule has 0 unspecified atom stereocenters. The molecule has 0 aliphatic carbocycles. The minimum Gasteiger partial charge on any atom is -0.494 e. The van der Waals surface area contributed by atoms with Crippen LogP contribution in [-0.4, -0.2) is 15.5 Å². The molecule has 0 bridgehead atoms. The number of anilines is 1. The molecule has 2 rings (SSSR count). The lowest BCUT2D eigenvalue weighted by Gasteiger charge is -2.10. The second-order valence-corrected chi connectivity index (χ2v) is 7.19. The summed E-state index contributed by atoms with van der Waals surface area (Å²) >= 11 is 3.17. The molecule has 0 aliphatic heterocycles. The van der Waals surface area contributed by atoms with Crippen molar-refractivity contribution in [3.8, 4) is 5.75 Å². The Labute approximate surface area is 130 Å². The summed E-state index contributed by atoms with van der Waals surface area (Å²) in [4.78, 5) is 0.0684. The summed E-state index contributed by atoms with van der Waals surface area (Å²) in [5.74, 6) is -1.12. The average molecular weight is 374 g/mol. The monoisotopic (exact) mass is 373 g/mol. The molecule has 0 amide bonds. The second kappa shape index (κ2) is 6.03. The highest BCUT2D eigenvalue weighted by Crippen LogP contribution is 2.29. The Morgan fingerprint density at radius 1 is 1.29 bits per heavy atom. The van der Waals surface area contributed by atoms with Gasteiger partial charge in [0.1, 0.15) is 0 Å². The van der Waals surface area contributed by atoms with E-state index in [1.807, 2.05) is 0 Å². The molecule has 0 spiro atoms. The predicted molar refractivity (Wildman–Crippen MR) is 82.4 cm³/mol. The maximum absolute atomic E-state index is 14.1. The van der Waals surface area contributed by atoms with Crippen LogP contribution >= 0.6 is 15.9 Å². The Hall–Kier alpha value is -1.60. The van der Waals surface area contributed by atoms with Gasteiger partial charge in [-0.1, -0.05) is 12.1 Å². The molecule has 0 fully saturated rings. The Bertz CT molecular complexity index is 778. The zero-order valence-electron chi connectivity index (χ0n) is 11.1. The number of benzene rings is 2. The lowest BCUT2D eigenvalue weighted by Crippen LogP contribution is -2.08. The van der Waals surface area contributed by atoms with Gasteiger partial charge >= 0.3 is 0 Å². The molecular weight excluding hydrogens is 361 g/mol. The lowest BCUT2D eigenvalue weighted by atomic mass is 10.2. The van der Waals surface area contributed by atoms with Gasteiger partial charge in [0.2, 0.25) is 0 Å². The SMILES string of the molecule is COc1cccc(CS(=O)(=O)c2ccc(N)cc2Br)c1F. The Balaban J connectivity index is 2.42. The van der Waals surface area contributed by atoms with Crippen LogP contribution in [0.2, 0.25) is 0 Å². The van der Waals surface area contributed by atoms with E-state index in [1.165, 1.54) is 37.4 Å². The van der Waals surface area contributed by atoms with Gasteiger partial charge in [-0.05, 0) is 40.2 Å². The fraction of sp³-hybridized carbons (Fsp3) is 0.143.